The van der Waals surface area contributed by atoms with Crippen LogP contribution in [0.5, 0.6) is 0 Å². The Morgan fingerprint density at radius 2 is 1.77 bits per heavy atom. The minimum absolute atomic E-state index is 0.173. The number of furan rings is 1. The van der Waals surface area contributed by atoms with Crippen molar-refractivity contribution in [2.75, 3.05) is 26.3 Å². The fourth-order valence-electron chi connectivity index (χ4n) is 4.64. The van der Waals surface area contributed by atoms with E-state index in [0.29, 0.717) is 5.76 Å². The highest BCUT2D eigenvalue weighted by Gasteiger charge is 2.59. The minimum atomic E-state index is -0.219. The van der Waals surface area contributed by atoms with Crippen LogP contribution in [0.3, 0.4) is 0 Å². The summed E-state index contributed by atoms with van der Waals surface area (Å²) < 4.78 is 11.1. The van der Waals surface area contributed by atoms with Crippen LogP contribution in [-0.2, 0) is 20.9 Å². The van der Waals surface area contributed by atoms with E-state index in [4.69, 9.17) is 9.15 Å². The molecule has 2 aliphatic heterocycles. The molecule has 4 aliphatic rings. The zero-order valence-electron chi connectivity index (χ0n) is 14.4. The van der Waals surface area contributed by atoms with Crippen molar-refractivity contribution in [1.82, 2.24) is 9.91 Å². The second kappa shape index (κ2) is 6.17. The normalized spacial score (nSPS) is 33.8. The van der Waals surface area contributed by atoms with Crippen molar-refractivity contribution in [3.63, 3.8) is 0 Å². The second-order valence-electron chi connectivity index (χ2n) is 7.43. The Balaban J connectivity index is 1.26. The largest absolute Gasteiger partial charge is 0.459 e. The Labute approximate surface area is 151 Å². The first-order valence-corrected chi connectivity index (χ1v) is 9.19. The molecule has 0 radical (unpaired) electrons. The van der Waals surface area contributed by atoms with Crippen LogP contribution in [0.15, 0.2) is 33.8 Å². The molecule has 3 heterocycles. The average Bonchev–Trinajstić information content (AvgIpc) is 3.41. The molecule has 1 aromatic heterocycles. The Morgan fingerprint density at radius 1 is 1.08 bits per heavy atom. The molecule has 4 atom stereocenters. The summed E-state index contributed by atoms with van der Waals surface area (Å²) in [6, 6.07) is 3.72. The Bertz CT molecular complexity index is 762. The summed E-state index contributed by atoms with van der Waals surface area (Å²) in [5.74, 6) is 1.00. The maximum Gasteiger partial charge on any atom is 0.254 e. The van der Waals surface area contributed by atoms with E-state index in [-0.39, 0.29) is 35.5 Å². The lowest BCUT2D eigenvalue weighted by molar-refractivity contribution is -0.140. The van der Waals surface area contributed by atoms with Crippen molar-refractivity contribution < 1.29 is 18.7 Å². The van der Waals surface area contributed by atoms with Crippen molar-refractivity contribution >= 4 is 18.0 Å². The van der Waals surface area contributed by atoms with Gasteiger partial charge in [0.25, 0.3) is 11.8 Å². The summed E-state index contributed by atoms with van der Waals surface area (Å²) in [4.78, 5) is 27.4. The fourth-order valence-corrected chi connectivity index (χ4v) is 4.64. The molecule has 2 saturated heterocycles. The zero-order chi connectivity index (χ0) is 17.7. The van der Waals surface area contributed by atoms with Gasteiger partial charge in [0, 0.05) is 13.1 Å². The zero-order valence-corrected chi connectivity index (χ0v) is 14.4. The second-order valence-corrected chi connectivity index (χ2v) is 7.43. The van der Waals surface area contributed by atoms with Gasteiger partial charge in [0.1, 0.15) is 11.5 Å². The van der Waals surface area contributed by atoms with E-state index in [1.807, 2.05) is 12.1 Å². The molecule has 0 unspecified atom stereocenters. The molecule has 1 saturated carbocycles. The molecular formula is C19H21N3O4. The Morgan fingerprint density at radius 3 is 2.46 bits per heavy atom. The highest BCUT2D eigenvalue weighted by molar-refractivity contribution is 6.06. The molecule has 5 rings (SSSR count). The maximum atomic E-state index is 12.6. The fraction of sp³-hybridized carbons (Fsp3) is 0.526. The number of rotatable bonds is 4. The molecule has 26 heavy (non-hydrogen) atoms. The predicted octanol–water partition coefficient (Wildman–Crippen LogP) is 1.25. The first-order valence-electron chi connectivity index (χ1n) is 9.19. The van der Waals surface area contributed by atoms with E-state index in [1.165, 1.54) is 6.21 Å². The monoisotopic (exact) mass is 355 g/mol. The lowest BCUT2D eigenvalue weighted by atomic mass is 9.85. The standard InChI is InChI=1S/C19H21N3O4/c23-18-16-12-1-2-13(9-12)17(16)19(24)22(18)20-10-14-3-4-15(26-14)11-21-5-7-25-8-6-21/h1-4,10,12-13,16-17H,5-9,11H2/b20-10-/t12-,13-,16+,17+/m0/s1. The minimum Gasteiger partial charge on any atom is -0.459 e. The molecule has 2 bridgehead atoms. The number of fused-ring (bicyclic) bond motifs is 5. The number of morpholine rings is 1. The van der Waals surface area contributed by atoms with Crippen LogP contribution in [0.2, 0.25) is 0 Å². The van der Waals surface area contributed by atoms with Gasteiger partial charge in [-0.15, -0.1) is 0 Å². The quantitative estimate of drug-likeness (QED) is 0.462. The van der Waals surface area contributed by atoms with E-state index >= 15 is 0 Å². The number of hydrogen-bond acceptors (Lipinski definition) is 6. The summed E-state index contributed by atoms with van der Waals surface area (Å²) in [5.41, 5.74) is 0. The topological polar surface area (TPSA) is 75.4 Å². The van der Waals surface area contributed by atoms with Gasteiger partial charge < -0.3 is 9.15 Å². The van der Waals surface area contributed by atoms with E-state index < -0.39 is 0 Å². The maximum absolute atomic E-state index is 12.6. The van der Waals surface area contributed by atoms with Gasteiger partial charge in [-0.05, 0) is 30.4 Å². The number of carbonyl (C=O) groups is 2. The third kappa shape index (κ3) is 2.54. The first kappa shape index (κ1) is 16.0. The summed E-state index contributed by atoms with van der Waals surface area (Å²) in [7, 11) is 0. The molecule has 1 aromatic rings. The van der Waals surface area contributed by atoms with E-state index in [0.717, 1.165) is 50.0 Å². The van der Waals surface area contributed by atoms with Crippen molar-refractivity contribution in [2.45, 2.75) is 13.0 Å². The van der Waals surface area contributed by atoms with Crippen LogP contribution in [0, 0.1) is 23.7 Å². The van der Waals surface area contributed by atoms with Crippen LogP contribution in [0.25, 0.3) is 0 Å². The molecule has 3 fully saturated rings. The SMILES string of the molecule is O=C1[C@H]2[C@H](C(=O)N1/N=C\c1ccc(CN3CCOCC3)o1)[C@H]1C=C[C@H]2C1. The van der Waals surface area contributed by atoms with E-state index in [9.17, 15) is 9.59 Å². The van der Waals surface area contributed by atoms with Gasteiger partial charge in [-0.2, -0.15) is 10.1 Å². The van der Waals surface area contributed by atoms with Crippen LogP contribution >= 0.6 is 0 Å². The molecule has 0 spiro atoms. The van der Waals surface area contributed by atoms with Gasteiger partial charge >= 0.3 is 0 Å². The third-order valence-corrected chi connectivity index (χ3v) is 5.91. The third-order valence-electron chi connectivity index (χ3n) is 5.91. The lowest BCUT2D eigenvalue weighted by Gasteiger charge is -2.25. The number of ether oxygens (including phenoxy) is 1. The number of nitrogens with zero attached hydrogens (tertiary/aromatic N) is 3. The molecule has 0 aromatic carbocycles. The van der Waals surface area contributed by atoms with Crippen molar-refractivity contribution in [1.29, 1.82) is 0 Å². The van der Waals surface area contributed by atoms with Crippen molar-refractivity contribution in [3.05, 3.63) is 35.8 Å². The van der Waals surface area contributed by atoms with Crippen LogP contribution in [0.1, 0.15) is 17.9 Å². The number of allylic oxidation sites excluding steroid dienone is 2. The number of hydrazone groups is 1. The average molecular weight is 355 g/mol. The highest BCUT2D eigenvalue weighted by atomic mass is 16.5. The van der Waals surface area contributed by atoms with Crippen molar-refractivity contribution in [3.8, 4) is 0 Å². The summed E-state index contributed by atoms with van der Waals surface area (Å²) in [6.45, 7) is 3.98. The van der Waals surface area contributed by atoms with Crippen LogP contribution in [-0.4, -0.2) is 54.2 Å². The summed E-state index contributed by atoms with van der Waals surface area (Å²) in [5, 5.41) is 5.20. The number of hydrogen-bond donors (Lipinski definition) is 0. The number of amides is 2. The molecule has 2 amide bonds. The Hall–Kier alpha value is -2.25. The van der Waals surface area contributed by atoms with Gasteiger partial charge in [-0.25, -0.2) is 0 Å². The van der Waals surface area contributed by atoms with E-state index in [1.54, 1.807) is 0 Å². The van der Waals surface area contributed by atoms with Crippen molar-refractivity contribution in [2.24, 2.45) is 28.8 Å². The molecule has 7 nitrogen and oxygen atoms in total. The van der Waals surface area contributed by atoms with E-state index in [2.05, 4.69) is 22.2 Å². The molecule has 136 valence electrons. The molecular weight excluding hydrogens is 334 g/mol. The first-order chi connectivity index (χ1) is 12.7. The number of imide groups is 1. The van der Waals surface area contributed by atoms with Crippen LogP contribution in [0.4, 0.5) is 0 Å². The summed E-state index contributed by atoms with van der Waals surface area (Å²) in [6.07, 6.45) is 6.55. The van der Waals surface area contributed by atoms with Gasteiger partial charge in [0.2, 0.25) is 0 Å². The van der Waals surface area contributed by atoms with Gasteiger partial charge in [-0.1, -0.05) is 12.2 Å². The molecule has 2 aliphatic carbocycles. The number of carbonyl (C=O) groups excluding carboxylic acids is 2. The predicted molar refractivity (Wildman–Crippen MR) is 92.0 cm³/mol. The Kier molecular flexibility index (Phi) is 3.79. The molecule has 7 heteroatoms. The van der Waals surface area contributed by atoms with Gasteiger partial charge in [0.05, 0.1) is 37.8 Å². The molecule has 0 N–H and O–H groups in total. The van der Waals surface area contributed by atoms with Crippen LogP contribution < -0.4 is 0 Å². The van der Waals surface area contributed by atoms with Gasteiger partial charge in [-0.3, -0.25) is 14.5 Å². The lowest BCUT2D eigenvalue weighted by Crippen LogP contribution is -2.35. The van der Waals surface area contributed by atoms with Gasteiger partial charge in [0.15, 0.2) is 0 Å². The highest BCUT2D eigenvalue weighted by Crippen LogP contribution is 2.52. The smallest absolute Gasteiger partial charge is 0.254 e. The summed E-state index contributed by atoms with van der Waals surface area (Å²) >= 11 is 0.